The van der Waals surface area contributed by atoms with Crippen LogP contribution in [0.4, 0.5) is 5.69 Å². The zero-order valence-corrected chi connectivity index (χ0v) is 20.4. The van der Waals surface area contributed by atoms with Crippen molar-refractivity contribution < 1.29 is 19.1 Å². The number of thioether (sulfide) groups is 1. The third-order valence-electron chi connectivity index (χ3n) is 5.77. The highest BCUT2D eigenvalue weighted by atomic mass is 32.2. The average molecular weight is 478 g/mol. The molecule has 0 saturated carbocycles. The summed E-state index contributed by atoms with van der Waals surface area (Å²) >= 11 is 1.49. The number of nitrogens with one attached hydrogen (secondary N) is 1. The van der Waals surface area contributed by atoms with Gasteiger partial charge in [0.15, 0.2) is 11.8 Å². The molecule has 2 aliphatic heterocycles. The van der Waals surface area contributed by atoms with E-state index in [2.05, 4.69) is 10.3 Å². The highest BCUT2D eigenvalue weighted by Crippen LogP contribution is 2.43. The van der Waals surface area contributed by atoms with Crippen molar-refractivity contribution in [1.82, 2.24) is 4.90 Å². The van der Waals surface area contributed by atoms with Gasteiger partial charge in [0.05, 0.1) is 23.9 Å². The summed E-state index contributed by atoms with van der Waals surface area (Å²) in [5.41, 5.74) is 4.69. The highest BCUT2D eigenvalue weighted by Gasteiger charge is 2.38. The second-order valence-electron chi connectivity index (χ2n) is 7.95. The lowest BCUT2D eigenvalue weighted by atomic mass is 9.94. The molecule has 0 aliphatic carbocycles. The molecule has 0 unspecified atom stereocenters. The third-order valence-corrected chi connectivity index (χ3v) is 6.54. The number of anilines is 1. The number of carbonyl (C=O) groups excluding carboxylic acids is 2. The Balaban J connectivity index is 1.60. The average Bonchev–Trinajstić information content (AvgIpc) is 3.28. The second-order valence-corrected chi connectivity index (χ2v) is 8.82. The number of amides is 1. The number of carbonyl (C=O) groups is 2. The minimum atomic E-state index is -0.476. The van der Waals surface area contributed by atoms with E-state index in [0.29, 0.717) is 17.0 Å². The highest BCUT2D eigenvalue weighted by molar-refractivity contribution is 8.16. The fraction of sp³-hybridized carbons (Fsp3) is 0.269. The number of hydrogen-bond donors (Lipinski definition) is 1. The van der Waals surface area contributed by atoms with Crippen molar-refractivity contribution >= 4 is 34.5 Å². The maximum absolute atomic E-state index is 12.9. The van der Waals surface area contributed by atoms with E-state index in [1.54, 1.807) is 13.0 Å². The molecule has 0 saturated heterocycles. The van der Waals surface area contributed by atoms with Gasteiger partial charge in [-0.05, 0) is 56.4 Å². The summed E-state index contributed by atoms with van der Waals surface area (Å²) in [5.74, 6) is -0.159. The minimum Gasteiger partial charge on any atom is -0.483 e. The topological polar surface area (TPSA) is 80.2 Å². The molecule has 0 spiro atoms. The van der Waals surface area contributed by atoms with E-state index in [0.717, 1.165) is 27.5 Å². The number of aliphatic imine (C=N–C) groups is 1. The summed E-state index contributed by atoms with van der Waals surface area (Å²) in [5, 5.41) is 5.62. The number of esters is 1. The zero-order chi connectivity index (χ0) is 24.2. The SMILES string of the molecule is CCOC(=O)C1=C(C)N=C2SC=CN2[C@H]1c1ccccc1OCC(=O)Nc1cccc(C)c1C. The first-order chi connectivity index (χ1) is 16.4. The summed E-state index contributed by atoms with van der Waals surface area (Å²) in [6.07, 6.45) is 1.89. The third kappa shape index (κ3) is 4.72. The number of amidine groups is 1. The summed E-state index contributed by atoms with van der Waals surface area (Å²) in [6, 6.07) is 12.7. The summed E-state index contributed by atoms with van der Waals surface area (Å²) < 4.78 is 11.3. The van der Waals surface area contributed by atoms with E-state index < -0.39 is 12.0 Å². The lowest BCUT2D eigenvalue weighted by Crippen LogP contribution is -2.34. The number of hydrogen-bond acceptors (Lipinski definition) is 7. The fourth-order valence-electron chi connectivity index (χ4n) is 3.93. The number of rotatable bonds is 7. The van der Waals surface area contributed by atoms with E-state index in [-0.39, 0.29) is 19.1 Å². The molecule has 0 fully saturated rings. The summed E-state index contributed by atoms with van der Waals surface area (Å²) in [6.45, 7) is 7.65. The van der Waals surface area contributed by atoms with E-state index in [4.69, 9.17) is 9.47 Å². The van der Waals surface area contributed by atoms with Crippen molar-refractivity contribution in [3.63, 3.8) is 0 Å². The van der Waals surface area contributed by atoms with Gasteiger partial charge in [0.1, 0.15) is 5.75 Å². The smallest absolute Gasteiger partial charge is 0.338 e. The van der Waals surface area contributed by atoms with E-state index in [9.17, 15) is 9.59 Å². The Hall–Kier alpha value is -3.52. The molecular formula is C26H27N3O4S. The van der Waals surface area contributed by atoms with Crippen LogP contribution >= 0.6 is 11.8 Å². The molecule has 0 bridgehead atoms. The van der Waals surface area contributed by atoms with Crippen LogP contribution in [-0.2, 0) is 14.3 Å². The number of para-hydroxylation sites is 1. The first-order valence-electron chi connectivity index (χ1n) is 11.1. The minimum absolute atomic E-state index is 0.167. The molecule has 1 amide bonds. The van der Waals surface area contributed by atoms with Crippen molar-refractivity contribution in [2.75, 3.05) is 18.5 Å². The van der Waals surface area contributed by atoms with Crippen LogP contribution in [-0.4, -0.2) is 35.2 Å². The molecule has 2 aliphatic rings. The standard InChI is InChI=1S/C26H27N3O4S/c1-5-32-25(31)23-18(4)27-26-29(13-14-34-26)24(23)19-10-6-7-12-21(19)33-15-22(30)28-20-11-8-9-16(2)17(20)3/h6-14,24H,5,15H2,1-4H3,(H,28,30)/t24-/m0/s1. The Morgan fingerprint density at radius 1 is 1.12 bits per heavy atom. The largest absolute Gasteiger partial charge is 0.483 e. The lowest BCUT2D eigenvalue weighted by molar-refractivity contribution is -0.139. The molecule has 1 N–H and O–H groups in total. The molecule has 2 aromatic carbocycles. The van der Waals surface area contributed by atoms with Crippen LogP contribution in [0.2, 0.25) is 0 Å². The Morgan fingerprint density at radius 2 is 1.91 bits per heavy atom. The molecule has 4 rings (SSSR count). The van der Waals surface area contributed by atoms with Crippen LogP contribution < -0.4 is 10.1 Å². The van der Waals surface area contributed by atoms with Crippen molar-refractivity contribution in [3.8, 4) is 5.75 Å². The number of allylic oxidation sites excluding steroid dienone is 1. The van der Waals surface area contributed by atoms with Crippen molar-refractivity contribution in [2.45, 2.75) is 33.7 Å². The van der Waals surface area contributed by atoms with Crippen molar-refractivity contribution in [2.24, 2.45) is 4.99 Å². The van der Waals surface area contributed by atoms with Crippen LogP contribution in [0.5, 0.6) is 5.75 Å². The number of fused-ring (bicyclic) bond motifs is 1. The quantitative estimate of drug-likeness (QED) is 0.560. The van der Waals surface area contributed by atoms with E-state index >= 15 is 0 Å². The molecule has 8 heteroatoms. The first-order valence-corrected chi connectivity index (χ1v) is 11.9. The predicted octanol–water partition coefficient (Wildman–Crippen LogP) is 5.09. The Bertz CT molecular complexity index is 1220. The Morgan fingerprint density at radius 3 is 2.71 bits per heavy atom. The van der Waals surface area contributed by atoms with Gasteiger partial charge in [-0.25, -0.2) is 9.79 Å². The van der Waals surface area contributed by atoms with Gasteiger partial charge in [0.2, 0.25) is 0 Å². The van der Waals surface area contributed by atoms with Crippen LogP contribution in [0.1, 0.15) is 36.6 Å². The van der Waals surface area contributed by atoms with Crippen LogP contribution in [0.25, 0.3) is 0 Å². The number of aryl methyl sites for hydroxylation is 1. The van der Waals surface area contributed by atoms with Crippen molar-refractivity contribution in [1.29, 1.82) is 0 Å². The van der Waals surface area contributed by atoms with Gasteiger partial charge in [-0.2, -0.15) is 0 Å². The number of nitrogens with zero attached hydrogens (tertiary/aromatic N) is 2. The van der Waals surface area contributed by atoms with Crippen LogP contribution in [0.15, 0.2) is 70.3 Å². The van der Waals surface area contributed by atoms with E-state index in [1.165, 1.54) is 11.8 Å². The van der Waals surface area contributed by atoms with Gasteiger partial charge in [0, 0.05) is 17.5 Å². The summed E-state index contributed by atoms with van der Waals surface area (Å²) in [4.78, 5) is 32.1. The van der Waals surface area contributed by atoms with Crippen LogP contribution in [0.3, 0.4) is 0 Å². The van der Waals surface area contributed by atoms with E-state index in [1.807, 2.05) is 73.7 Å². The van der Waals surface area contributed by atoms with Gasteiger partial charge in [-0.15, -0.1) is 0 Å². The van der Waals surface area contributed by atoms with Crippen molar-refractivity contribution in [3.05, 3.63) is 82.0 Å². The van der Waals surface area contributed by atoms with Gasteiger partial charge in [-0.1, -0.05) is 42.1 Å². The molecule has 0 radical (unpaired) electrons. The Labute approximate surface area is 203 Å². The Kier molecular flexibility index (Phi) is 7.07. The van der Waals surface area contributed by atoms with Gasteiger partial charge in [0.25, 0.3) is 5.91 Å². The predicted molar refractivity (Wildman–Crippen MR) is 135 cm³/mol. The molecule has 1 atom stereocenters. The number of ether oxygens (including phenoxy) is 2. The monoisotopic (exact) mass is 477 g/mol. The molecule has 176 valence electrons. The first kappa shape index (κ1) is 23.6. The molecule has 0 aromatic heterocycles. The molecule has 2 aromatic rings. The van der Waals surface area contributed by atoms with Gasteiger partial charge < -0.3 is 19.7 Å². The molecule has 7 nitrogen and oxygen atoms in total. The molecule has 2 heterocycles. The maximum Gasteiger partial charge on any atom is 0.338 e. The van der Waals surface area contributed by atoms with Crippen LogP contribution in [0, 0.1) is 13.8 Å². The second kappa shape index (κ2) is 10.2. The normalized spacial score (nSPS) is 16.8. The zero-order valence-electron chi connectivity index (χ0n) is 19.6. The lowest BCUT2D eigenvalue weighted by Gasteiger charge is -2.34. The molecular weight excluding hydrogens is 450 g/mol. The van der Waals surface area contributed by atoms with Gasteiger partial charge >= 0.3 is 5.97 Å². The maximum atomic E-state index is 12.9. The van der Waals surface area contributed by atoms with Gasteiger partial charge in [-0.3, -0.25) is 4.79 Å². The fourth-order valence-corrected chi connectivity index (χ4v) is 4.72. The number of benzene rings is 2. The summed E-state index contributed by atoms with van der Waals surface area (Å²) in [7, 11) is 0. The molecule has 34 heavy (non-hydrogen) atoms.